The van der Waals surface area contributed by atoms with Crippen LogP contribution in [0.1, 0.15) is 485 Å². The number of aliphatic hydroxyl groups excluding tert-OH is 1. The summed E-state index contributed by atoms with van der Waals surface area (Å²) in [6.45, 7) is 9.70. The lowest BCUT2D eigenvalue weighted by Crippen LogP contribution is -2.30. The third kappa shape index (κ3) is 83.8. The summed E-state index contributed by atoms with van der Waals surface area (Å²) in [6, 6.07) is 0. The van der Waals surface area contributed by atoms with Crippen LogP contribution >= 0.6 is 15.6 Å². The van der Waals surface area contributed by atoms with Gasteiger partial charge in [-0.25, -0.2) is 9.13 Å². The molecule has 0 aliphatic rings. The summed E-state index contributed by atoms with van der Waals surface area (Å²) in [6.07, 6.45) is 75.1. The average molecular weight is 1590 g/mol. The highest BCUT2D eigenvalue weighted by Crippen LogP contribution is 2.45. The number of rotatable bonds is 89. The Morgan fingerprint density at radius 1 is 0.248 bits per heavy atom. The molecule has 648 valence electrons. The predicted molar refractivity (Wildman–Crippen MR) is 451 cm³/mol. The maximum absolute atomic E-state index is 13.2. The van der Waals surface area contributed by atoms with E-state index in [9.17, 15) is 43.2 Å². The maximum atomic E-state index is 13.2. The fraction of sp³-hybridized carbons (Fsp3) is 0.956. The molecule has 0 spiro atoms. The SMILES string of the molecule is CCCCCCCCCCCCCCCCCCCCCCC(=O)O[C@H](COC(=O)CCCCCCCCCCCCCCCCCCC(C)C)COP(=O)(O)OC[C@@H](O)COP(=O)(O)OC[C@@H](COC(=O)CCCCCCCCCCC(C)C)OC(=O)CCCCCCCCCCCCCCCCCCCCC. The normalized spacial score (nSPS) is 13.8. The van der Waals surface area contributed by atoms with Crippen molar-refractivity contribution in [3.8, 4) is 0 Å². The smallest absolute Gasteiger partial charge is 0.462 e. The minimum atomic E-state index is -4.97. The molecule has 0 aromatic carbocycles. The minimum absolute atomic E-state index is 0.108. The summed E-state index contributed by atoms with van der Waals surface area (Å²) in [7, 11) is -9.93. The van der Waals surface area contributed by atoms with Crippen molar-refractivity contribution in [3.05, 3.63) is 0 Å². The Bertz CT molecular complexity index is 2080. The standard InChI is InChI=1S/C90H176O17P2/c1-7-9-11-13-15-17-19-21-23-25-27-29-31-37-41-45-49-57-63-68-74-89(94)106-85(78-100-87(92)72-66-60-54-47-43-39-35-33-32-34-38-42-46-52-58-64-70-82(3)4)80-104-108(96,97)102-76-84(91)77-103-109(98,99)105-81-86(79-101-88(93)73-67-61-55-51-50-53-59-65-71-83(5)6)107-90(95)75-69-62-56-48-44-40-36-30-28-26-24-22-20-18-16-14-12-10-8-2/h82-86,91H,7-81H2,1-6H3,(H,96,97)(H,98,99)/t84-,85-,86-/m1/s1. The van der Waals surface area contributed by atoms with Gasteiger partial charge >= 0.3 is 39.5 Å². The highest BCUT2D eigenvalue weighted by molar-refractivity contribution is 7.47. The van der Waals surface area contributed by atoms with E-state index in [2.05, 4.69) is 41.5 Å². The minimum Gasteiger partial charge on any atom is -0.462 e. The Labute approximate surface area is 670 Å². The molecule has 17 nitrogen and oxygen atoms in total. The number of aliphatic hydroxyl groups is 1. The van der Waals surface area contributed by atoms with Crippen molar-refractivity contribution in [2.45, 2.75) is 503 Å². The molecular weight excluding hydrogens is 1410 g/mol. The van der Waals surface area contributed by atoms with Crippen molar-refractivity contribution in [3.63, 3.8) is 0 Å². The van der Waals surface area contributed by atoms with Crippen molar-refractivity contribution in [1.82, 2.24) is 0 Å². The van der Waals surface area contributed by atoms with Gasteiger partial charge in [0.1, 0.15) is 19.3 Å². The second-order valence-corrected chi connectivity index (χ2v) is 36.2. The van der Waals surface area contributed by atoms with Gasteiger partial charge in [-0.1, -0.05) is 433 Å². The van der Waals surface area contributed by atoms with E-state index in [0.29, 0.717) is 25.7 Å². The Morgan fingerprint density at radius 3 is 0.624 bits per heavy atom. The molecule has 0 aliphatic carbocycles. The van der Waals surface area contributed by atoms with Gasteiger partial charge in [0.05, 0.1) is 26.4 Å². The number of esters is 4. The molecule has 0 bridgehead atoms. The van der Waals surface area contributed by atoms with Gasteiger partial charge in [0.15, 0.2) is 12.2 Å². The van der Waals surface area contributed by atoms with Crippen LogP contribution in [0.4, 0.5) is 0 Å². The van der Waals surface area contributed by atoms with Gasteiger partial charge in [-0.2, -0.15) is 0 Å². The largest absolute Gasteiger partial charge is 0.472 e. The lowest BCUT2D eigenvalue weighted by Gasteiger charge is -2.21. The highest BCUT2D eigenvalue weighted by Gasteiger charge is 2.31. The Morgan fingerprint density at radius 2 is 0.422 bits per heavy atom. The molecular formula is C90H176O17P2. The molecule has 0 aliphatic heterocycles. The maximum Gasteiger partial charge on any atom is 0.472 e. The summed E-state index contributed by atoms with van der Waals surface area (Å²) in [5.74, 6) is -0.559. The van der Waals surface area contributed by atoms with Gasteiger partial charge in [0.25, 0.3) is 0 Å². The van der Waals surface area contributed by atoms with Gasteiger partial charge < -0.3 is 33.8 Å². The molecule has 5 atom stereocenters. The van der Waals surface area contributed by atoms with Crippen LogP contribution in [0.15, 0.2) is 0 Å². The van der Waals surface area contributed by atoms with Crippen molar-refractivity contribution < 1.29 is 80.2 Å². The second kappa shape index (κ2) is 81.2. The molecule has 19 heteroatoms. The topological polar surface area (TPSA) is 237 Å². The summed E-state index contributed by atoms with van der Waals surface area (Å²) in [5.41, 5.74) is 0. The van der Waals surface area contributed by atoms with Crippen LogP contribution in [-0.4, -0.2) is 96.7 Å². The second-order valence-electron chi connectivity index (χ2n) is 33.3. The molecule has 2 unspecified atom stereocenters. The highest BCUT2D eigenvalue weighted by atomic mass is 31.2. The van der Waals surface area contributed by atoms with Gasteiger partial charge in [-0.3, -0.25) is 37.3 Å². The Balaban J connectivity index is 5.23. The molecule has 0 aromatic heterocycles. The molecule has 0 aromatic rings. The van der Waals surface area contributed by atoms with E-state index in [0.717, 1.165) is 102 Å². The lowest BCUT2D eigenvalue weighted by molar-refractivity contribution is -0.161. The molecule has 0 amide bonds. The Hall–Kier alpha value is -1.94. The molecule has 3 N–H and O–H groups in total. The molecule has 0 saturated carbocycles. The van der Waals surface area contributed by atoms with Crippen molar-refractivity contribution >= 4 is 39.5 Å². The molecule has 0 fully saturated rings. The first-order valence-corrected chi connectivity index (χ1v) is 49.5. The van der Waals surface area contributed by atoms with E-state index in [1.165, 1.54) is 302 Å². The van der Waals surface area contributed by atoms with Gasteiger partial charge in [-0.15, -0.1) is 0 Å². The Kier molecular flexibility index (Phi) is 79.8. The molecule has 0 radical (unpaired) electrons. The van der Waals surface area contributed by atoms with Crippen LogP contribution in [0, 0.1) is 11.8 Å². The zero-order valence-electron chi connectivity index (χ0n) is 71.9. The van der Waals surface area contributed by atoms with E-state index in [-0.39, 0.29) is 25.7 Å². The number of unbranched alkanes of at least 4 members (excludes halogenated alkanes) is 59. The average Bonchev–Trinajstić information content (AvgIpc) is 0.901. The van der Waals surface area contributed by atoms with Crippen LogP contribution in [0.3, 0.4) is 0 Å². The number of hydrogen-bond donors (Lipinski definition) is 3. The summed E-state index contributed by atoms with van der Waals surface area (Å²) in [5, 5.41) is 10.7. The van der Waals surface area contributed by atoms with Crippen LogP contribution in [0.25, 0.3) is 0 Å². The summed E-state index contributed by atoms with van der Waals surface area (Å²) >= 11 is 0. The van der Waals surface area contributed by atoms with E-state index in [1.54, 1.807) is 0 Å². The molecule has 0 saturated heterocycles. The fourth-order valence-corrected chi connectivity index (χ4v) is 15.7. The molecule has 109 heavy (non-hydrogen) atoms. The van der Waals surface area contributed by atoms with Crippen LogP contribution in [-0.2, 0) is 65.4 Å². The predicted octanol–water partition coefficient (Wildman–Crippen LogP) is 27.8. The number of carbonyl (C=O) groups excluding carboxylic acids is 4. The van der Waals surface area contributed by atoms with Crippen molar-refractivity contribution in [1.29, 1.82) is 0 Å². The number of ether oxygens (including phenoxy) is 4. The first-order valence-electron chi connectivity index (χ1n) is 46.5. The third-order valence-corrected chi connectivity index (χ3v) is 23.1. The third-order valence-electron chi connectivity index (χ3n) is 21.2. The first-order chi connectivity index (χ1) is 52.9. The van der Waals surface area contributed by atoms with E-state index < -0.39 is 97.5 Å². The van der Waals surface area contributed by atoms with Gasteiger partial charge in [0.2, 0.25) is 0 Å². The molecule has 0 rings (SSSR count). The number of carbonyl (C=O) groups is 4. The van der Waals surface area contributed by atoms with E-state index >= 15 is 0 Å². The van der Waals surface area contributed by atoms with Crippen molar-refractivity contribution in [2.75, 3.05) is 39.6 Å². The van der Waals surface area contributed by atoms with Gasteiger partial charge in [-0.05, 0) is 37.5 Å². The van der Waals surface area contributed by atoms with Crippen LogP contribution in [0.5, 0.6) is 0 Å². The van der Waals surface area contributed by atoms with Crippen molar-refractivity contribution in [2.24, 2.45) is 11.8 Å². The number of hydrogen-bond acceptors (Lipinski definition) is 15. The van der Waals surface area contributed by atoms with Crippen LogP contribution < -0.4 is 0 Å². The summed E-state index contributed by atoms with van der Waals surface area (Å²) in [4.78, 5) is 73.4. The zero-order valence-corrected chi connectivity index (χ0v) is 73.7. The number of phosphoric acid groups is 2. The fourth-order valence-electron chi connectivity index (χ4n) is 14.1. The molecule has 0 heterocycles. The van der Waals surface area contributed by atoms with Crippen LogP contribution in [0.2, 0.25) is 0 Å². The van der Waals surface area contributed by atoms with E-state index in [1.807, 2.05) is 0 Å². The number of phosphoric ester groups is 2. The summed E-state index contributed by atoms with van der Waals surface area (Å²) < 4.78 is 69.0. The zero-order chi connectivity index (χ0) is 79.9. The lowest BCUT2D eigenvalue weighted by atomic mass is 10.0. The quantitative estimate of drug-likeness (QED) is 0.0222. The monoisotopic (exact) mass is 1590 g/mol. The van der Waals surface area contributed by atoms with Gasteiger partial charge in [0, 0.05) is 25.7 Å². The van der Waals surface area contributed by atoms with E-state index in [4.69, 9.17) is 37.0 Å². The first kappa shape index (κ1) is 107.